The van der Waals surface area contributed by atoms with Crippen molar-refractivity contribution in [1.82, 2.24) is 5.32 Å². The fraction of sp³-hybridized carbons (Fsp3) is 0.500. The van der Waals surface area contributed by atoms with Crippen molar-refractivity contribution in [3.63, 3.8) is 0 Å². The fourth-order valence-corrected chi connectivity index (χ4v) is 3.17. The molecule has 1 atom stereocenters. The van der Waals surface area contributed by atoms with Gasteiger partial charge in [0, 0.05) is 16.5 Å². The first-order valence-corrected chi connectivity index (χ1v) is 7.23. The fourth-order valence-electron chi connectivity index (χ4n) is 2.81. The zero-order chi connectivity index (χ0) is 15.0. The molecule has 110 valence electrons. The summed E-state index contributed by atoms with van der Waals surface area (Å²) in [6, 6.07) is 5.91. The highest BCUT2D eigenvalue weighted by Crippen LogP contribution is 2.44. The predicted octanol–water partition coefficient (Wildman–Crippen LogP) is 2.08. The maximum Gasteiger partial charge on any atom is 0.191 e. The number of nitrogens with zero attached hydrogens (tertiary/aromatic N) is 1. The molecule has 0 saturated carbocycles. The molecular formula is C14H20BrN3O2. The van der Waals surface area contributed by atoms with Crippen LogP contribution in [0, 0.1) is 0 Å². The number of ether oxygens (including phenoxy) is 1. The second-order valence-corrected chi connectivity index (χ2v) is 6.74. The van der Waals surface area contributed by atoms with Crippen LogP contribution in [0.5, 0.6) is 5.75 Å². The number of fused-ring (bicyclic) bond motifs is 1. The largest absolute Gasteiger partial charge is 0.487 e. The topological polar surface area (TPSA) is 79.9 Å². The van der Waals surface area contributed by atoms with E-state index in [1.807, 2.05) is 32.0 Å². The van der Waals surface area contributed by atoms with Crippen LogP contribution in [0.3, 0.4) is 0 Å². The second kappa shape index (κ2) is 5.26. The van der Waals surface area contributed by atoms with Crippen LogP contribution in [0.4, 0.5) is 0 Å². The second-order valence-electron chi connectivity index (χ2n) is 5.82. The molecule has 1 aromatic carbocycles. The Morgan fingerprint density at radius 1 is 1.50 bits per heavy atom. The molecule has 0 aliphatic carbocycles. The Labute approximate surface area is 127 Å². The Morgan fingerprint density at radius 2 is 2.20 bits per heavy atom. The number of halogens is 1. The summed E-state index contributed by atoms with van der Waals surface area (Å²) in [5.41, 5.74) is 6.10. The molecule has 1 aliphatic rings. The number of aliphatic hydroxyl groups is 1. The first-order chi connectivity index (χ1) is 9.26. The van der Waals surface area contributed by atoms with Gasteiger partial charge in [-0.05, 0) is 39.0 Å². The van der Waals surface area contributed by atoms with Crippen LogP contribution in [0.15, 0.2) is 27.7 Å². The number of rotatable bonds is 2. The molecule has 0 spiro atoms. The molecule has 20 heavy (non-hydrogen) atoms. The van der Waals surface area contributed by atoms with Crippen LogP contribution < -0.4 is 15.8 Å². The van der Waals surface area contributed by atoms with Crippen molar-refractivity contribution >= 4 is 21.9 Å². The van der Waals surface area contributed by atoms with E-state index in [2.05, 4.69) is 33.2 Å². The molecule has 5 nitrogen and oxygen atoms in total. The first kappa shape index (κ1) is 15.1. The Morgan fingerprint density at radius 3 is 2.85 bits per heavy atom. The molecule has 4 N–H and O–H groups in total. The average Bonchev–Trinajstić information content (AvgIpc) is 2.29. The smallest absolute Gasteiger partial charge is 0.191 e. The molecule has 1 aromatic rings. The SMILES string of the molecule is CC1(C)CC(C)(N/C(N)=N\CO)c2cc(Br)ccc2O1. The molecule has 0 radical (unpaired) electrons. The summed E-state index contributed by atoms with van der Waals surface area (Å²) in [6.07, 6.45) is 0.727. The summed E-state index contributed by atoms with van der Waals surface area (Å²) >= 11 is 3.48. The van der Waals surface area contributed by atoms with E-state index in [9.17, 15) is 0 Å². The van der Waals surface area contributed by atoms with Crippen molar-refractivity contribution in [2.75, 3.05) is 6.73 Å². The summed E-state index contributed by atoms with van der Waals surface area (Å²) in [7, 11) is 0. The summed E-state index contributed by atoms with van der Waals surface area (Å²) in [5, 5.41) is 12.1. The predicted molar refractivity (Wildman–Crippen MR) is 82.7 cm³/mol. The Balaban J connectivity index is 2.46. The lowest BCUT2D eigenvalue weighted by Gasteiger charge is -2.44. The maximum atomic E-state index is 8.85. The third kappa shape index (κ3) is 3.07. The average molecular weight is 342 g/mol. The van der Waals surface area contributed by atoms with E-state index in [4.69, 9.17) is 15.6 Å². The first-order valence-electron chi connectivity index (χ1n) is 6.44. The summed E-state index contributed by atoms with van der Waals surface area (Å²) < 4.78 is 7.00. The van der Waals surface area contributed by atoms with Gasteiger partial charge in [-0.2, -0.15) is 0 Å². The van der Waals surface area contributed by atoms with Crippen molar-refractivity contribution in [3.8, 4) is 5.75 Å². The van der Waals surface area contributed by atoms with Crippen molar-refractivity contribution in [1.29, 1.82) is 0 Å². The third-order valence-corrected chi connectivity index (χ3v) is 3.84. The highest BCUT2D eigenvalue weighted by molar-refractivity contribution is 9.10. The highest BCUT2D eigenvalue weighted by Gasteiger charge is 2.42. The minimum absolute atomic E-state index is 0.221. The number of hydrogen-bond acceptors (Lipinski definition) is 3. The molecule has 2 rings (SSSR count). The molecule has 0 bridgehead atoms. The van der Waals surface area contributed by atoms with Gasteiger partial charge in [-0.15, -0.1) is 0 Å². The van der Waals surface area contributed by atoms with E-state index in [1.165, 1.54) is 0 Å². The van der Waals surface area contributed by atoms with Gasteiger partial charge in [0.25, 0.3) is 0 Å². The molecule has 1 heterocycles. The van der Waals surface area contributed by atoms with E-state index < -0.39 is 5.54 Å². The maximum absolute atomic E-state index is 8.85. The van der Waals surface area contributed by atoms with Gasteiger partial charge >= 0.3 is 0 Å². The van der Waals surface area contributed by atoms with Gasteiger partial charge in [-0.3, -0.25) is 0 Å². The van der Waals surface area contributed by atoms with Crippen molar-refractivity contribution in [2.24, 2.45) is 10.7 Å². The van der Waals surface area contributed by atoms with E-state index in [0.717, 1.165) is 22.2 Å². The normalized spacial score (nSPS) is 24.8. The zero-order valence-corrected chi connectivity index (χ0v) is 13.5. The Kier molecular flexibility index (Phi) is 3.97. The zero-order valence-electron chi connectivity index (χ0n) is 11.9. The number of hydrogen-bond donors (Lipinski definition) is 3. The molecule has 1 aliphatic heterocycles. The van der Waals surface area contributed by atoms with Gasteiger partial charge in [0.15, 0.2) is 5.96 Å². The third-order valence-electron chi connectivity index (χ3n) is 3.35. The van der Waals surface area contributed by atoms with E-state index in [0.29, 0.717) is 0 Å². The van der Waals surface area contributed by atoms with E-state index >= 15 is 0 Å². The van der Waals surface area contributed by atoms with Crippen molar-refractivity contribution in [2.45, 2.75) is 38.3 Å². The number of nitrogens with one attached hydrogen (secondary N) is 1. The number of guanidine groups is 1. The monoisotopic (exact) mass is 341 g/mol. The summed E-state index contributed by atoms with van der Waals surface area (Å²) in [4.78, 5) is 3.79. The summed E-state index contributed by atoms with van der Waals surface area (Å²) in [5.74, 6) is 1.05. The standard InChI is InChI=1S/C14H20BrN3O2/c1-13(2)7-14(3,18-12(16)17-8-19)10-6-9(15)4-5-11(10)20-13/h4-6,19H,7-8H2,1-3H3,(H3,16,17,18). The van der Waals surface area contributed by atoms with Gasteiger partial charge in [-0.1, -0.05) is 15.9 Å². The van der Waals surface area contributed by atoms with Gasteiger partial charge in [0.1, 0.15) is 18.1 Å². The van der Waals surface area contributed by atoms with Gasteiger partial charge in [0.2, 0.25) is 0 Å². The number of benzene rings is 1. The Bertz CT molecular complexity index is 545. The van der Waals surface area contributed by atoms with Gasteiger partial charge < -0.3 is 20.9 Å². The molecule has 1 unspecified atom stereocenters. The highest BCUT2D eigenvalue weighted by atomic mass is 79.9. The van der Waals surface area contributed by atoms with Crippen LogP contribution in [-0.2, 0) is 5.54 Å². The van der Waals surface area contributed by atoms with Crippen LogP contribution in [-0.4, -0.2) is 23.4 Å². The quantitative estimate of drug-likeness (QED) is 0.568. The number of nitrogens with two attached hydrogens (primary N) is 1. The van der Waals surface area contributed by atoms with Crippen molar-refractivity contribution in [3.05, 3.63) is 28.2 Å². The summed E-state index contributed by atoms with van der Waals surface area (Å²) in [6.45, 7) is 5.80. The number of aliphatic hydroxyl groups excluding tert-OH is 1. The van der Waals surface area contributed by atoms with E-state index in [-0.39, 0.29) is 18.3 Å². The molecule has 6 heteroatoms. The molecule has 0 amide bonds. The minimum atomic E-state index is -0.413. The molecular weight excluding hydrogens is 322 g/mol. The molecule has 0 saturated heterocycles. The lowest BCUT2D eigenvalue weighted by Crippen LogP contribution is -2.54. The lowest BCUT2D eigenvalue weighted by molar-refractivity contribution is 0.0442. The number of aliphatic imine (C=N–C) groups is 1. The van der Waals surface area contributed by atoms with Crippen LogP contribution in [0.25, 0.3) is 0 Å². The minimum Gasteiger partial charge on any atom is -0.487 e. The van der Waals surface area contributed by atoms with Crippen LogP contribution in [0.1, 0.15) is 32.8 Å². The molecule has 0 aromatic heterocycles. The van der Waals surface area contributed by atoms with Gasteiger partial charge in [0.05, 0.1) is 5.54 Å². The van der Waals surface area contributed by atoms with Crippen molar-refractivity contribution < 1.29 is 9.84 Å². The van der Waals surface area contributed by atoms with Crippen LogP contribution >= 0.6 is 15.9 Å². The Hall–Kier alpha value is -1.27. The van der Waals surface area contributed by atoms with Gasteiger partial charge in [-0.25, -0.2) is 4.99 Å². The van der Waals surface area contributed by atoms with Crippen LogP contribution in [0.2, 0.25) is 0 Å². The van der Waals surface area contributed by atoms with E-state index in [1.54, 1.807) is 0 Å². The lowest BCUT2D eigenvalue weighted by atomic mass is 9.79. The molecule has 0 fully saturated rings.